The minimum absolute atomic E-state index is 0.124. The Morgan fingerprint density at radius 3 is 2.78 bits per heavy atom. The molecule has 5 heteroatoms. The molecule has 0 spiro atoms. The summed E-state index contributed by atoms with van der Waals surface area (Å²) in [6.45, 7) is 3.11. The van der Waals surface area contributed by atoms with Gasteiger partial charge in [0, 0.05) is 13.2 Å². The normalized spacial score (nSPS) is 31.8. The van der Waals surface area contributed by atoms with E-state index in [-0.39, 0.29) is 5.91 Å². The first kappa shape index (κ1) is 13.3. The number of hydrogen-bond donors (Lipinski definition) is 1. The van der Waals surface area contributed by atoms with Gasteiger partial charge in [-0.05, 0) is 32.1 Å². The lowest BCUT2D eigenvalue weighted by molar-refractivity contribution is -0.161. The molecule has 5 nitrogen and oxygen atoms in total. The third-order valence-corrected chi connectivity index (χ3v) is 4.02. The van der Waals surface area contributed by atoms with Crippen LogP contribution in [-0.4, -0.2) is 46.7 Å². The van der Waals surface area contributed by atoms with Gasteiger partial charge in [-0.3, -0.25) is 4.79 Å². The Morgan fingerprint density at radius 2 is 2.22 bits per heavy atom. The van der Waals surface area contributed by atoms with E-state index in [1.165, 1.54) is 0 Å². The fraction of sp³-hybridized carbons (Fsp3) is 0.846. The van der Waals surface area contributed by atoms with E-state index in [4.69, 9.17) is 4.74 Å². The molecule has 1 amide bonds. The lowest BCUT2D eigenvalue weighted by Gasteiger charge is -2.35. The van der Waals surface area contributed by atoms with Gasteiger partial charge < -0.3 is 14.7 Å². The van der Waals surface area contributed by atoms with E-state index in [0.29, 0.717) is 26.0 Å². The first-order valence-electron chi connectivity index (χ1n) is 6.78. The number of amides is 1. The molecule has 2 heterocycles. The van der Waals surface area contributed by atoms with Crippen LogP contribution in [0.4, 0.5) is 0 Å². The number of nitrogens with zero attached hydrogens (tertiary/aromatic N) is 1. The van der Waals surface area contributed by atoms with Crippen LogP contribution < -0.4 is 0 Å². The topological polar surface area (TPSA) is 66.8 Å². The summed E-state index contributed by atoms with van der Waals surface area (Å²) >= 11 is 0. The highest BCUT2D eigenvalue weighted by Gasteiger charge is 2.50. The van der Waals surface area contributed by atoms with E-state index < -0.39 is 17.6 Å². The Kier molecular flexibility index (Phi) is 3.90. The van der Waals surface area contributed by atoms with Crippen molar-refractivity contribution < 1.29 is 19.4 Å². The van der Waals surface area contributed by atoms with Crippen molar-refractivity contribution in [2.75, 3.05) is 13.2 Å². The van der Waals surface area contributed by atoms with Gasteiger partial charge in [-0.15, -0.1) is 0 Å². The number of likely N-dealkylation sites (tertiary alicyclic amines) is 1. The molecule has 0 aromatic heterocycles. The highest BCUT2D eigenvalue weighted by molar-refractivity contribution is 5.90. The molecule has 1 N–H and O–H groups in total. The number of carboxylic acids is 1. The summed E-state index contributed by atoms with van der Waals surface area (Å²) in [6.07, 6.45) is 3.82. The number of hydrogen-bond acceptors (Lipinski definition) is 3. The molecule has 2 saturated heterocycles. The van der Waals surface area contributed by atoms with E-state index >= 15 is 0 Å². The Labute approximate surface area is 107 Å². The highest BCUT2D eigenvalue weighted by Crippen LogP contribution is 2.35. The van der Waals surface area contributed by atoms with Crippen LogP contribution in [0.25, 0.3) is 0 Å². The molecule has 2 aliphatic heterocycles. The minimum atomic E-state index is -0.988. The van der Waals surface area contributed by atoms with E-state index in [2.05, 4.69) is 0 Å². The van der Waals surface area contributed by atoms with Gasteiger partial charge in [0.15, 0.2) is 0 Å². The monoisotopic (exact) mass is 255 g/mol. The number of ether oxygens (including phenoxy) is 1. The molecule has 2 aliphatic rings. The lowest BCUT2D eigenvalue weighted by Crippen LogP contribution is -2.55. The fourth-order valence-electron chi connectivity index (χ4n) is 3.15. The second kappa shape index (κ2) is 5.26. The SMILES string of the molecule is CCCC1(C(=O)O)CCCN1C(=O)[C@@H]1CCCO1. The molecular formula is C13H21NO4. The summed E-state index contributed by atoms with van der Waals surface area (Å²) in [7, 11) is 0. The molecule has 0 aromatic rings. The molecule has 0 aliphatic carbocycles. The van der Waals surface area contributed by atoms with Crippen LogP contribution in [0.5, 0.6) is 0 Å². The minimum Gasteiger partial charge on any atom is -0.479 e. The second-order valence-corrected chi connectivity index (χ2v) is 5.18. The first-order chi connectivity index (χ1) is 8.62. The average Bonchev–Trinajstić information content (AvgIpc) is 2.98. The summed E-state index contributed by atoms with van der Waals surface area (Å²) < 4.78 is 5.39. The number of carboxylic acid groups (broad SMARTS) is 1. The standard InChI is InChI=1S/C13H21NO4/c1-2-6-13(12(16)17)7-4-8-14(13)11(15)10-5-3-9-18-10/h10H,2-9H2,1H3,(H,16,17)/t10-,13?/m0/s1. The van der Waals surface area contributed by atoms with Crippen molar-refractivity contribution in [3.8, 4) is 0 Å². The Balaban J connectivity index is 2.18. The van der Waals surface area contributed by atoms with Gasteiger partial charge in [0.2, 0.25) is 0 Å². The maximum atomic E-state index is 12.4. The quantitative estimate of drug-likeness (QED) is 0.824. The largest absolute Gasteiger partial charge is 0.479 e. The molecule has 0 bridgehead atoms. The molecule has 2 atom stereocenters. The molecular weight excluding hydrogens is 234 g/mol. The average molecular weight is 255 g/mol. The summed E-state index contributed by atoms with van der Waals surface area (Å²) in [5.41, 5.74) is -0.988. The van der Waals surface area contributed by atoms with Crippen molar-refractivity contribution in [2.24, 2.45) is 0 Å². The predicted octanol–water partition coefficient (Wildman–Crippen LogP) is 1.41. The molecule has 2 rings (SSSR count). The third kappa shape index (κ3) is 2.11. The number of aliphatic carboxylic acids is 1. The smallest absolute Gasteiger partial charge is 0.329 e. The van der Waals surface area contributed by atoms with E-state index in [1.54, 1.807) is 4.90 Å². The Bertz CT molecular complexity index is 338. The van der Waals surface area contributed by atoms with Crippen LogP contribution >= 0.6 is 0 Å². The molecule has 0 saturated carbocycles. The summed E-state index contributed by atoms with van der Waals surface area (Å²) in [5.74, 6) is -0.992. The molecule has 0 aromatic carbocycles. The van der Waals surface area contributed by atoms with Gasteiger partial charge in [0.25, 0.3) is 5.91 Å². The number of carbonyl (C=O) groups excluding carboxylic acids is 1. The van der Waals surface area contributed by atoms with Crippen molar-refractivity contribution in [1.82, 2.24) is 4.90 Å². The lowest BCUT2D eigenvalue weighted by atomic mass is 9.90. The third-order valence-electron chi connectivity index (χ3n) is 4.02. The van der Waals surface area contributed by atoms with Crippen LogP contribution in [0.15, 0.2) is 0 Å². The fourth-order valence-corrected chi connectivity index (χ4v) is 3.15. The van der Waals surface area contributed by atoms with Crippen molar-refractivity contribution in [1.29, 1.82) is 0 Å². The molecule has 2 fully saturated rings. The van der Waals surface area contributed by atoms with Gasteiger partial charge in [0.1, 0.15) is 11.6 Å². The van der Waals surface area contributed by atoms with Crippen molar-refractivity contribution in [2.45, 2.75) is 57.1 Å². The van der Waals surface area contributed by atoms with E-state index in [1.807, 2.05) is 6.92 Å². The molecule has 1 unspecified atom stereocenters. The van der Waals surface area contributed by atoms with Gasteiger partial charge in [-0.2, -0.15) is 0 Å². The van der Waals surface area contributed by atoms with Gasteiger partial charge in [0.05, 0.1) is 0 Å². The van der Waals surface area contributed by atoms with Gasteiger partial charge >= 0.3 is 5.97 Å². The summed E-state index contributed by atoms with van der Waals surface area (Å²) in [6, 6.07) is 0. The summed E-state index contributed by atoms with van der Waals surface area (Å²) in [4.78, 5) is 25.6. The zero-order valence-corrected chi connectivity index (χ0v) is 10.9. The maximum absolute atomic E-state index is 12.4. The van der Waals surface area contributed by atoms with Crippen molar-refractivity contribution in [3.05, 3.63) is 0 Å². The second-order valence-electron chi connectivity index (χ2n) is 5.18. The van der Waals surface area contributed by atoms with E-state index in [9.17, 15) is 14.7 Å². The van der Waals surface area contributed by atoms with E-state index in [0.717, 1.165) is 25.7 Å². The van der Waals surface area contributed by atoms with Crippen molar-refractivity contribution >= 4 is 11.9 Å². The van der Waals surface area contributed by atoms with Gasteiger partial charge in [-0.1, -0.05) is 13.3 Å². The van der Waals surface area contributed by atoms with Gasteiger partial charge in [-0.25, -0.2) is 4.79 Å². The summed E-state index contributed by atoms with van der Waals surface area (Å²) in [5, 5.41) is 9.52. The zero-order valence-electron chi connectivity index (χ0n) is 10.9. The Hall–Kier alpha value is -1.10. The van der Waals surface area contributed by atoms with Crippen LogP contribution in [0.3, 0.4) is 0 Å². The molecule has 0 radical (unpaired) electrons. The molecule has 102 valence electrons. The number of carbonyl (C=O) groups is 2. The maximum Gasteiger partial charge on any atom is 0.329 e. The van der Waals surface area contributed by atoms with Crippen LogP contribution in [0.2, 0.25) is 0 Å². The number of rotatable bonds is 4. The van der Waals surface area contributed by atoms with Crippen LogP contribution in [0, 0.1) is 0 Å². The first-order valence-corrected chi connectivity index (χ1v) is 6.78. The highest BCUT2D eigenvalue weighted by atomic mass is 16.5. The Morgan fingerprint density at radius 1 is 1.44 bits per heavy atom. The van der Waals surface area contributed by atoms with Crippen molar-refractivity contribution in [3.63, 3.8) is 0 Å². The predicted molar refractivity (Wildman–Crippen MR) is 65.2 cm³/mol. The molecule has 18 heavy (non-hydrogen) atoms. The van der Waals surface area contributed by atoms with Crippen LogP contribution in [0.1, 0.15) is 45.4 Å². The zero-order chi connectivity index (χ0) is 13.2. The van der Waals surface area contributed by atoms with Crippen LogP contribution in [-0.2, 0) is 14.3 Å².